The second-order valence-electron chi connectivity index (χ2n) is 6.08. The Morgan fingerprint density at radius 3 is 2.33 bits per heavy atom. The molecule has 0 aromatic carbocycles. The van der Waals surface area contributed by atoms with Gasteiger partial charge in [-0.3, -0.25) is 9.69 Å². The Morgan fingerprint density at radius 2 is 1.76 bits per heavy atom. The van der Waals surface area contributed by atoms with Crippen molar-refractivity contribution in [2.24, 2.45) is 0 Å². The minimum Gasteiger partial charge on any atom is -0.339 e. The number of carbonyl (C=O) groups excluding carboxylic acids is 1. The van der Waals surface area contributed by atoms with Crippen LogP contribution >= 0.6 is 0 Å². The van der Waals surface area contributed by atoms with Gasteiger partial charge >= 0.3 is 0 Å². The number of piperidine rings is 1. The van der Waals surface area contributed by atoms with E-state index in [1.807, 2.05) is 4.90 Å². The van der Waals surface area contributed by atoms with Gasteiger partial charge in [0, 0.05) is 38.8 Å². The van der Waals surface area contributed by atoms with Crippen molar-refractivity contribution in [2.45, 2.75) is 38.6 Å². The Hall–Kier alpha value is -0.660. The minimum atomic E-state index is -3.10. The quantitative estimate of drug-likeness (QED) is 0.751. The maximum atomic E-state index is 12.5. The first kappa shape index (κ1) is 16.7. The van der Waals surface area contributed by atoms with E-state index in [0.717, 1.165) is 25.8 Å². The van der Waals surface area contributed by atoms with E-state index < -0.39 is 10.0 Å². The van der Waals surface area contributed by atoms with Crippen molar-refractivity contribution in [1.29, 1.82) is 0 Å². The van der Waals surface area contributed by atoms with Gasteiger partial charge in [0.05, 0.1) is 12.8 Å². The van der Waals surface area contributed by atoms with E-state index in [2.05, 4.69) is 11.8 Å². The van der Waals surface area contributed by atoms with Crippen molar-refractivity contribution < 1.29 is 13.2 Å². The summed E-state index contributed by atoms with van der Waals surface area (Å²) in [7, 11) is -3.10. The number of rotatable bonds is 4. The summed E-state index contributed by atoms with van der Waals surface area (Å²) in [6.07, 6.45) is 5.70. The van der Waals surface area contributed by atoms with Gasteiger partial charge in [0.25, 0.3) is 0 Å². The fraction of sp³-hybridized carbons (Fsp3) is 0.929. The summed E-state index contributed by atoms with van der Waals surface area (Å²) in [5.74, 6) is 0.203. The Morgan fingerprint density at radius 1 is 1.10 bits per heavy atom. The molecule has 2 saturated heterocycles. The summed E-state index contributed by atoms with van der Waals surface area (Å²) in [5, 5.41) is 0. The van der Waals surface area contributed by atoms with Crippen LogP contribution in [0.5, 0.6) is 0 Å². The highest BCUT2D eigenvalue weighted by molar-refractivity contribution is 7.88. The van der Waals surface area contributed by atoms with Crippen LogP contribution in [0.4, 0.5) is 0 Å². The van der Waals surface area contributed by atoms with E-state index in [1.54, 1.807) is 0 Å². The lowest BCUT2D eigenvalue weighted by Crippen LogP contribution is -2.53. The van der Waals surface area contributed by atoms with Gasteiger partial charge in [-0.15, -0.1) is 0 Å². The molecule has 0 N–H and O–H groups in total. The molecule has 2 heterocycles. The zero-order valence-electron chi connectivity index (χ0n) is 13.1. The SMILES string of the molecule is CCC1CCCCN1C(=O)CN1CCN(S(C)(=O)=O)CC1. The normalized spacial score (nSPS) is 26.0. The molecule has 0 bridgehead atoms. The smallest absolute Gasteiger partial charge is 0.236 e. The summed E-state index contributed by atoms with van der Waals surface area (Å²) < 4.78 is 24.4. The van der Waals surface area contributed by atoms with Crippen LogP contribution in [0, 0.1) is 0 Å². The average Bonchev–Trinajstić information content (AvgIpc) is 2.46. The Bertz CT molecular complexity index is 458. The van der Waals surface area contributed by atoms with Crippen molar-refractivity contribution in [3.05, 3.63) is 0 Å². The number of sulfonamides is 1. The Balaban J connectivity index is 1.84. The van der Waals surface area contributed by atoms with Gasteiger partial charge in [-0.05, 0) is 25.7 Å². The second kappa shape index (κ2) is 7.07. The monoisotopic (exact) mass is 317 g/mol. The fourth-order valence-corrected chi connectivity index (χ4v) is 4.08. The molecule has 0 saturated carbocycles. The molecule has 0 aromatic rings. The van der Waals surface area contributed by atoms with Gasteiger partial charge in [0.2, 0.25) is 15.9 Å². The lowest BCUT2D eigenvalue weighted by molar-refractivity contribution is -0.136. The predicted octanol–water partition coefficient (Wildman–Crippen LogP) is 0.355. The molecule has 0 aromatic heterocycles. The number of nitrogens with zero attached hydrogens (tertiary/aromatic N) is 3. The zero-order chi connectivity index (χ0) is 15.5. The molecule has 2 aliphatic heterocycles. The minimum absolute atomic E-state index is 0.203. The van der Waals surface area contributed by atoms with Crippen LogP contribution in [-0.2, 0) is 14.8 Å². The number of likely N-dealkylation sites (tertiary alicyclic amines) is 1. The highest BCUT2D eigenvalue weighted by atomic mass is 32.2. The van der Waals surface area contributed by atoms with E-state index in [-0.39, 0.29) is 5.91 Å². The lowest BCUT2D eigenvalue weighted by atomic mass is 10.00. The number of hydrogen-bond acceptors (Lipinski definition) is 4. The topological polar surface area (TPSA) is 60.9 Å². The zero-order valence-corrected chi connectivity index (χ0v) is 13.9. The molecular formula is C14H27N3O3S. The van der Waals surface area contributed by atoms with Crippen molar-refractivity contribution in [2.75, 3.05) is 45.5 Å². The van der Waals surface area contributed by atoms with Crippen LogP contribution in [0.3, 0.4) is 0 Å². The van der Waals surface area contributed by atoms with E-state index in [4.69, 9.17) is 0 Å². The van der Waals surface area contributed by atoms with Crippen LogP contribution < -0.4 is 0 Å². The molecule has 2 fully saturated rings. The van der Waals surface area contributed by atoms with E-state index >= 15 is 0 Å². The van der Waals surface area contributed by atoms with Crippen LogP contribution in [0.1, 0.15) is 32.6 Å². The molecule has 1 amide bonds. The summed E-state index contributed by atoms with van der Waals surface area (Å²) >= 11 is 0. The standard InChI is InChI=1S/C14H27N3O3S/c1-3-13-6-4-5-7-17(13)14(18)12-15-8-10-16(11-9-15)21(2,19)20/h13H,3-12H2,1-2H3. The van der Waals surface area contributed by atoms with E-state index in [1.165, 1.54) is 17.0 Å². The van der Waals surface area contributed by atoms with Gasteiger partial charge in [-0.25, -0.2) is 8.42 Å². The molecule has 1 atom stereocenters. The first-order chi connectivity index (χ1) is 9.91. The van der Waals surface area contributed by atoms with E-state index in [0.29, 0.717) is 38.8 Å². The van der Waals surface area contributed by atoms with E-state index in [9.17, 15) is 13.2 Å². The van der Waals surface area contributed by atoms with Crippen LogP contribution in [0.25, 0.3) is 0 Å². The van der Waals surface area contributed by atoms with Crippen molar-refractivity contribution in [3.8, 4) is 0 Å². The first-order valence-corrected chi connectivity index (χ1v) is 9.73. The summed E-state index contributed by atoms with van der Waals surface area (Å²) in [4.78, 5) is 16.6. The predicted molar refractivity (Wildman–Crippen MR) is 82.5 cm³/mol. The highest BCUT2D eigenvalue weighted by Gasteiger charge is 2.29. The molecule has 122 valence electrons. The third-order valence-electron chi connectivity index (χ3n) is 4.58. The highest BCUT2D eigenvalue weighted by Crippen LogP contribution is 2.20. The van der Waals surface area contributed by atoms with Crippen LogP contribution in [0.2, 0.25) is 0 Å². The van der Waals surface area contributed by atoms with Gasteiger partial charge in [0.15, 0.2) is 0 Å². The molecule has 7 heteroatoms. The first-order valence-electron chi connectivity index (χ1n) is 7.88. The molecular weight excluding hydrogens is 290 g/mol. The lowest BCUT2D eigenvalue weighted by Gasteiger charge is -2.38. The van der Waals surface area contributed by atoms with Gasteiger partial charge < -0.3 is 4.90 Å². The molecule has 0 aliphatic carbocycles. The number of amides is 1. The number of carbonyl (C=O) groups is 1. The van der Waals surface area contributed by atoms with Crippen LogP contribution in [-0.4, -0.2) is 80.0 Å². The molecule has 0 radical (unpaired) electrons. The van der Waals surface area contributed by atoms with Crippen molar-refractivity contribution in [1.82, 2.24) is 14.1 Å². The molecule has 6 nitrogen and oxygen atoms in total. The van der Waals surface area contributed by atoms with Gasteiger partial charge in [-0.2, -0.15) is 4.31 Å². The molecule has 0 spiro atoms. The van der Waals surface area contributed by atoms with Crippen LogP contribution in [0.15, 0.2) is 0 Å². The molecule has 21 heavy (non-hydrogen) atoms. The van der Waals surface area contributed by atoms with Gasteiger partial charge in [-0.1, -0.05) is 6.92 Å². The van der Waals surface area contributed by atoms with Gasteiger partial charge in [0.1, 0.15) is 0 Å². The summed E-state index contributed by atoms with van der Waals surface area (Å²) in [6.45, 7) is 5.70. The second-order valence-corrected chi connectivity index (χ2v) is 8.07. The number of piperazine rings is 1. The van der Waals surface area contributed by atoms with Crippen molar-refractivity contribution in [3.63, 3.8) is 0 Å². The van der Waals surface area contributed by atoms with Crippen molar-refractivity contribution >= 4 is 15.9 Å². The molecule has 1 unspecified atom stereocenters. The maximum Gasteiger partial charge on any atom is 0.236 e. The fourth-order valence-electron chi connectivity index (χ4n) is 3.25. The Kier molecular flexibility index (Phi) is 5.62. The maximum absolute atomic E-state index is 12.5. The summed E-state index contributed by atoms with van der Waals surface area (Å²) in [5.41, 5.74) is 0. The average molecular weight is 317 g/mol. The third kappa shape index (κ3) is 4.40. The molecule has 2 rings (SSSR count). The number of hydrogen-bond donors (Lipinski definition) is 0. The summed E-state index contributed by atoms with van der Waals surface area (Å²) in [6, 6.07) is 0.392. The largest absolute Gasteiger partial charge is 0.339 e. The Labute approximate surface area is 128 Å². The molecule has 2 aliphatic rings. The third-order valence-corrected chi connectivity index (χ3v) is 5.88.